The van der Waals surface area contributed by atoms with E-state index < -0.39 is 11.7 Å². The molecule has 0 radical (unpaired) electrons. The molecule has 0 bridgehead atoms. The Labute approximate surface area is 131 Å². The Hall–Kier alpha value is -1.29. The van der Waals surface area contributed by atoms with Gasteiger partial charge >= 0.3 is 6.18 Å². The predicted molar refractivity (Wildman–Crippen MR) is 82.5 cm³/mol. The summed E-state index contributed by atoms with van der Waals surface area (Å²) >= 11 is 3.65. The third kappa shape index (κ3) is 4.88. The van der Waals surface area contributed by atoms with Crippen LogP contribution in [0.3, 0.4) is 0 Å². The molecule has 2 rings (SSSR count). The van der Waals surface area contributed by atoms with Crippen molar-refractivity contribution in [2.45, 2.75) is 30.3 Å². The third-order valence-electron chi connectivity index (χ3n) is 3.37. The Kier molecular flexibility index (Phi) is 5.45. The van der Waals surface area contributed by atoms with Gasteiger partial charge in [0.15, 0.2) is 0 Å². The Morgan fingerprint density at radius 3 is 2.10 bits per heavy atom. The number of benzene rings is 2. The van der Waals surface area contributed by atoms with Gasteiger partial charge in [0, 0.05) is 4.83 Å². The minimum atomic E-state index is -4.26. The second-order valence-electron chi connectivity index (χ2n) is 4.97. The lowest BCUT2D eigenvalue weighted by Gasteiger charge is -2.10. The maximum atomic E-state index is 12.5. The van der Waals surface area contributed by atoms with Crippen LogP contribution in [-0.4, -0.2) is 0 Å². The SMILES string of the molecule is FC(F)(F)c1ccc(CCCC(Br)c2ccccc2)cc1. The van der Waals surface area contributed by atoms with Crippen LogP contribution in [0.4, 0.5) is 13.2 Å². The van der Waals surface area contributed by atoms with E-state index in [9.17, 15) is 13.2 Å². The lowest BCUT2D eigenvalue weighted by atomic mass is 10.0. The first-order valence-corrected chi connectivity index (χ1v) is 7.73. The fourth-order valence-corrected chi connectivity index (χ4v) is 2.80. The van der Waals surface area contributed by atoms with E-state index in [1.165, 1.54) is 5.56 Å². The summed E-state index contributed by atoms with van der Waals surface area (Å²) in [6, 6.07) is 15.5. The van der Waals surface area contributed by atoms with Gasteiger partial charge in [-0.2, -0.15) is 13.2 Å². The van der Waals surface area contributed by atoms with Crippen LogP contribution < -0.4 is 0 Å². The van der Waals surface area contributed by atoms with Crippen molar-refractivity contribution >= 4 is 15.9 Å². The van der Waals surface area contributed by atoms with E-state index in [0.29, 0.717) is 0 Å². The van der Waals surface area contributed by atoms with Gasteiger partial charge in [-0.05, 0) is 42.5 Å². The molecule has 0 aliphatic rings. The van der Waals surface area contributed by atoms with E-state index in [-0.39, 0.29) is 4.83 Å². The zero-order valence-electron chi connectivity index (χ0n) is 11.4. The van der Waals surface area contributed by atoms with Crippen LogP contribution in [-0.2, 0) is 12.6 Å². The molecule has 0 spiro atoms. The molecule has 1 atom stereocenters. The summed E-state index contributed by atoms with van der Waals surface area (Å²) in [7, 11) is 0. The van der Waals surface area contributed by atoms with Crippen LogP contribution in [0, 0.1) is 0 Å². The monoisotopic (exact) mass is 356 g/mol. The number of halogens is 4. The van der Waals surface area contributed by atoms with Crippen molar-refractivity contribution in [3.8, 4) is 0 Å². The second kappa shape index (κ2) is 7.12. The van der Waals surface area contributed by atoms with Crippen LogP contribution in [0.1, 0.15) is 34.4 Å². The quantitative estimate of drug-likeness (QED) is 0.562. The van der Waals surface area contributed by atoms with E-state index >= 15 is 0 Å². The third-order valence-corrected chi connectivity index (χ3v) is 4.35. The van der Waals surface area contributed by atoms with Gasteiger partial charge in [-0.3, -0.25) is 0 Å². The fourth-order valence-electron chi connectivity index (χ4n) is 2.17. The molecule has 2 aromatic carbocycles. The normalized spacial score (nSPS) is 13.1. The predicted octanol–water partition coefficient (Wildman–Crippen LogP) is 6.16. The van der Waals surface area contributed by atoms with Gasteiger partial charge in [0.1, 0.15) is 0 Å². The maximum absolute atomic E-state index is 12.5. The highest BCUT2D eigenvalue weighted by Gasteiger charge is 2.29. The molecule has 0 aliphatic heterocycles. The van der Waals surface area contributed by atoms with Gasteiger partial charge in [0.2, 0.25) is 0 Å². The molecule has 0 saturated carbocycles. The number of hydrogen-bond acceptors (Lipinski definition) is 0. The van der Waals surface area contributed by atoms with Gasteiger partial charge in [-0.25, -0.2) is 0 Å². The highest BCUT2D eigenvalue weighted by Crippen LogP contribution is 2.30. The van der Waals surface area contributed by atoms with Gasteiger partial charge in [-0.1, -0.05) is 58.4 Å². The highest BCUT2D eigenvalue weighted by atomic mass is 79.9. The molecular weight excluding hydrogens is 341 g/mol. The first-order chi connectivity index (χ1) is 9.97. The van der Waals surface area contributed by atoms with Crippen LogP contribution in [0.25, 0.3) is 0 Å². The number of aryl methyl sites for hydroxylation is 1. The summed E-state index contributed by atoms with van der Waals surface area (Å²) in [6.45, 7) is 0. The zero-order valence-corrected chi connectivity index (χ0v) is 13.0. The second-order valence-corrected chi connectivity index (χ2v) is 6.07. The molecule has 0 heterocycles. The van der Waals surface area contributed by atoms with E-state index in [1.807, 2.05) is 18.2 Å². The molecule has 0 fully saturated rings. The number of hydrogen-bond donors (Lipinski definition) is 0. The Morgan fingerprint density at radius 1 is 0.905 bits per heavy atom. The molecule has 4 heteroatoms. The van der Waals surface area contributed by atoms with Crippen molar-refractivity contribution in [2.24, 2.45) is 0 Å². The van der Waals surface area contributed by atoms with Gasteiger partial charge in [0.05, 0.1) is 5.56 Å². The highest BCUT2D eigenvalue weighted by molar-refractivity contribution is 9.09. The van der Waals surface area contributed by atoms with Crippen LogP contribution in [0.5, 0.6) is 0 Å². The summed E-state index contributed by atoms with van der Waals surface area (Å²) in [6.07, 6.45) is -1.60. The van der Waals surface area contributed by atoms with Gasteiger partial charge in [-0.15, -0.1) is 0 Å². The Balaban J connectivity index is 1.84. The van der Waals surface area contributed by atoms with Gasteiger partial charge < -0.3 is 0 Å². The summed E-state index contributed by atoms with van der Waals surface area (Å²) in [4.78, 5) is 0.285. The number of alkyl halides is 4. The maximum Gasteiger partial charge on any atom is 0.416 e. The molecule has 0 saturated heterocycles. The van der Waals surface area contributed by atoms with E-state index in [2.05, 4.69) is 28.1 Å². The summed E-state index contributed by atoms with van der Waals surface area (Å²) < 4.78 is 37.4. The van der Waals surface area contributed by atoms with Crippen molar-refractivity contribution in [1.82, 2.24) is 0 Å². The van der Waals surface area contributed by atoms with Crippen LogP contribution in [0.2, 0.25) is 0 Å². The minimum Gasteiger partial charge on any atom is -0.166 e. The Morgan fingerprint density at radius 2 is 1.52 bits per heavy atom. The molecule has 0 amide bonds. The average molecular weight is 357 g/mol. The van der Waals surface area contributed by atoms with Crippen molar-refractivity contribution in [3.63, 3.8) is 0 Å². The van der Waals surface area contributed by atoms with Crippen LogP contribution in [0.15, 0.2) is 54.6 Å². The molecular formula is C17H16BrF3. The smallest absolute Gasteiger partial charge is 0.166 e. The van der Waals surface area contributed by atoms with E-state index in [4.69, 9.17) is 0 Å². The largest absolute Gasteiger partial charge is 0.416 e. The molecule has 0 N–H and O–H groups in total. The summed E-state index contributed by atoms with van der Waals surface area (Å²) in [5, 5.41) is 0. The first-order valence-electron chi connectivity index (χ1n) is 6.82. The lowest BCUT2D eigenvalue weighted by Crippen LogP contribution is -2.04. The fraction of sp³-hybridized carbons (Fsp3) is 0.294. The van der Waals surface area contributed by atoms with Crippen molar-refractivity contribution < 1.29 is 13.2 Å². The zero-order chi connectivity index (χ0) is 15.3. The van der Waals surface area contributed by atoms with Crippen molar-refractivity contribution in [1.29, 1.82) is 0 Å². The molecule has 2 aromatic rings. The van der Waals surface area contributed by atoms with Crippen LogP contribution >= 0.6 is 15.9 Å². The molecule has 1 unspecified atom stereocenters. The summed E-state index contributed by atoms with van der Waals surface area (Å²) in [5.74, 6) is 0. The topological polar surface area (TPSA) is 0 Å². The first kappa shape index (κ1) is 16.1. The minimum absolute atomic E-state index is 0.285. The summed E-state index contributed by atoms with van der Waals surface area (Å²) in [5.41, 5.74) is 1.58. The van der Waals surface area contributed by atoms with Gasteiger partial charge in [0.25, 0.3) is 0 Å². The van der Waals surface area contributed by atoms with Crippen molar-refractivity contribution in [2.75, 3.05) is 0 Å². The van der Waals surface area contributed by atoms with E-state index in [0.717, 1.165) is 37.0 Å². The molecule has 0 nitrogen and oxygen atoms in total. The molecule has 112 valence electrons. The average Bonchev–Trinajstić information content (AvgIpc) is 2.47. The standard InChI is InChI=1S/C17H16BrF3/c18-16(14-6-2-1-3-7-14)8-4-5-13-9-11-15(12-10-13)17(19,20)21/h1-3,6-7,9-12,16H,4-5,8H2. The number of rotatable bonds is 5. The molecule has 0 aliphatic carbocycles. The Bertz CT molecular complexity index is 546. The molecule has 0 aromatic heterocycles. The van der Waals surface area contributed by atoms with Crippen molar-refractivity contribution in [3.05, 3.63) is 71.3 Å². The molecule has 21 heavy (non-hydrogen) atoms. The van der Waals surface area contributed by atoms with E-state index in [1.54, 1.807) is 12.1 Å². The lowest BCUT2D eigenvalue weighted by molar-refractivity contribution is -0.137.